The Morgan fingerprint density at radius 2 is 1.82 bits per heavy atom. The Kier molecular flexibility index (Phi) is 8.24. The Bertz CT molecular complexity index is 1470. The molecule has 3 aromatic carbocycles. The molecule has 1 amide bonds. The average Bonchev–Trinajstić information content (AvgIpc) is 3.42. The summed E-state index contributed by atoms with van der Waals surface area (Å²) in [4.78, 5) is 24.1. The van der Waals surface area contributed by atoms with Crippen LogP contribution in [0.1, 0.15) is 59.8 Å². The highest BCUT2D eigenvalue weighted by atomic mass is 16.5. The van der Waals surface area contributed by atoms with E-state index in [4.69, 9.17) is 14.9 Å². The smallest absolute Gasteiger partial charge is 0.320 e. The van der Waals surface area contributed by atoms with Gasteiger partial charge in [-0.25, -0.2) is 0 Å². The van der Waals surface area contributed by atoms with Gasteiger partial charge in [-0.2, -0.15) is 0 Å². The van der Waals surface area contributed by atoms with Crippen molar-refractivity contribution in [1.82, 2.24) is 10.2 Å². The van der Waals surface area contributed by atoms with Crippen molar-refractivity contribution in [2.24, 2.45) is 5.92 Å². The molecule has 1 fully saturated rings. The number of carboxylic acid groups (broad SMARTS) is 1. The Morgan fingerprint density at radius 3 is 2.62 bits per heavy atom. The molecule has 0 saturated heterocycles. The predicted molar refractivity (Wildman–Crippen MR) is 151 cm³/mol. The number of rotatable bonds is 10. The number of carbonyl (C=O) groups is 2. The van der Waals surface area contributed by atoms with Gasteiger partial charge in [-0.1, -0.05) is 60.4 Å². The molecule has 10 nitrogen and oxygen atoms in total. The van der Waals surface area contributed by atoms with Crippen LogP contribution in [0.15, 0.2) is 77.2 Å². The number of aliphatic carboxylic acids is 1. The summed E-state index contributed by atoms with van der Waals surface area (Å²) in [7, 11) is 0. The first-order valence-corrected chi connectivity index (χ1v) is 13.2. The van der Waals surface area contributed by atoms with Crippen molar-refractivity contribution in [3.8, 4) is 5.75 Å². The molecule has 4 aromatic rings. The summed E-state index contributed by atoms with van der Waals surface area (Å²) in [6, 6.07) is 22.6. The molecule has 1 heterocycles. The maximum atomic E-state index is 12.8. The maximum Gasteiger partial charge on any atom is 0.320 e. The number of benzene rings is 3. The first kappa shape index (κ1) is 26.7. The van der Waals surface area contributed by atoms with Crippen molar-refractivity contribution in [2.45, 2.75) is 44.6 Å². The van der Waals surface area contributed by atoms with Crippen molar-refractivity contribution in [1.29, 1.82) is 0 Å². The molecule has 1 aliphatic rings. The average molecular weight is 542 g/mol. The van der Waals surface area contributed by atoms with E-state index in [1.807, 2.05) is 60.7 Å². The normalized spacial score (nSPS) is 16.7. The van der Waals surface area contributed by atoms with Crippen LogP contribution >= 0.6 is 0 Å². The minimum absolute atomic E-state index is 0.0513. The molecule has 1 aliphatic carbocycles. The number of aromatic nitrogens is 2. The minimum atomic E-state index is -0.786. The van der Waals surface area contributed by atoms with Gasteiger partial charge in [-0.3, -0.25) is 9.59 Å². The number of nitrogens with two attached hydrogens (primary N) is 1. The molecule has 206 valence electrons. The van der Waals surface area contributed by atoms with Crippen molar-refractivity contribution in [3.63, 3.8) is 0 Å². The van der Waals surface area contributed by atoms with Gasteiger partial charge in [0.1, 0.15) is 12.4 Å². The highest BCUT2D eigenvalue weighted by Gasteiger charge is 2.29. The van der Waals surface area contributed by atoms with Crippen molar-refractivity contribution in [2.75, 3.05) is 16.4 Å². The molecule has 5 rings (SSSR count). The lowest BCUT2D eigenvalue weighted by atomic mass is 9.74. The van der Waals surface area contributed by atoms with Crippen molar-refractivity contribution < 1.29 is 23.8 Å². The topological polar surface area (TPSA) is 153 Å². The van der Waals surface area contributed by atoms with Gasteiger partial charge in [0.05, 0.1) is 11.4 Å². The van der Waals surface area contributed by atoms with E-state index < -0.39 is 11.9 Å². The highest BCUT2D eigenvalue weighted by molar-refractivity contribution is 6.02. The Labute approximate surface area is 231 Å². The molecule has 5 N–H and O–H groups in total. The first-order valence-electron chi connectivity index (χ1n) is 13.2. The summed E-state index contributed by atoms with van der Waals surface area (Å²) < 4.78 is 11.4. The fourth-order valence-corrected chi connectivity index (χ4v) is 5.11. The molecule has 2 unspecified atom stereocenters. The molecule has 0 bridgehead atoms. The van der Waals surface area contributed by atoms with Crippen LogP contribution in [0.25, 0.3) is 0 Å². The fourth-order valence-electron chi connectivity index (χ4n) is 5.11. The van der Waals surface area contributed by atoms with Crippen LogP contribution in [-0.2, 0) is 11.4 Å². The number of carboxylic acids is 1. The summed E-state index contributed by atoms with van der Waals surface area (Å²) in [5.41, 5.74) is 9.76. The molecule has 10 heteroatoms. The second-order valence-corrected chi connectivity index (χ2v) is 9.89. The zero-order valence-corrected chi connectivity index (χ0v) is 21.9. The van der Waals surface area contributed by atoms with Crippen LogP contribution in [0.4, 0.5) is 23.1 Å². The predicted octanol–water partition coefficient (Wildman–Crippen LogP) is 5.98. The van der Waals surface area contributed by atoms with Crippen LogP contribution in [0, 0.1) is 5.92 Å². The molecule has 0 spiro atoms. The second kappa shape index (κ2) is 12.3. The maximum absolute atomic E-state index is 12.8. The summed E-state index contributed by atoms with van der Waals surface area (Å²) in [5.74, 6) is -0.744. The SMILES string of the molecule is Nc1cc(C2CCCCC2CC(=O)O)ccc1NC(=O)c1nnc(Nc2cccc(OCc3ccccc3)c2)o1. The van der Waals surface area contributed by atoms with Gasteiger partial charge >= 0.3 is 23.8 Å². The monoisotopic (exact) mass is 541 g/mol. The molecule has 2 atom stereocenters. The quantitative estimate of drug-likeness (QED) is 0.178. The van der Waals surface area contributed by atoms with E-state index in [0.29, 0.717) is 29.4 Å². The molecule has 1 saturated carbocycles. The van der Waals surface area contributed by atoms with Crippen LogP contribution < -0.4 is 21.1 Å². The van der Waals surface area contributed by atoms with E-state index in [2.05, 4.69) is 20.8 Å². The van der Waals surface area contributed by atoms with Gasteiger partial charge in [0, 0.05) is 18.2 Å². The van der Waals surface area contributed by atoms with E-state index >= 15 is 0 Å². The third-order valence-corrected chi connectivity index (χ3v) is 7.05. The Balaban J connectivity index is 1.20. The van der Waals surface area contributed by atoms with E-state index in [1.54, 1.807) is 12.1 Å². The molecule has 0 aliphatic heterocycles. The number of amides is 1. The van der Waals surface area contributed by atoms with E-state index in [9.17, 15) is 14.7 Å². The largest absolute Gasteiger partial charge is 0.489 e. The summed E-state index contributed by atoms with van der Waals surface area (Å²) in [6.45, 7) is 0.433. The van der Waals surface area contributed by atoms with Gasteiger partial charge in [0.2, 0.25) is 0 Å². The molecular formula is C30H31N5O5. The fraction of sp³-hybridized carbons (Fsp3) is 0.267. The lowest BCUT2D eigenvalue weighted by Crippen LogP contribution is -2.21. The number of nitrogens with one attached hydrogen (secondary N) is 2. The summed E-state index contributed by atoms with van der Waals surface area (Å²) in [5, 5.41) is 22.8. The molecular weight excluding hydrogens is 510 g/mol. The van der Waals surface area contributed by atoms with Crippen LogP contribution in [-0.4, -0.2) is 27.2 Å². The van der Waals surface area contributed by atoms with E-state index in [1.165, 1.54) is 0 Å². The zero-order chi connectivity index (χ0) is 27.9. The molecule has 40 heavy (non-hydrogen) atoms. The zero-order valence-electron chi connectivity index (χ0n) is 21.9. The summed E-state index contributed by atoms with van der Waals surface area (Å²) in [6.07, 6.45) is 4.03. The van der Waals surface area contributed by atoms with Gasteiger partial charge in [0.15, 0.2) is 0 Å². The Morgan fingerprint density at radius 1 is 1.00 bits per heavy atom. The lowest BCUT2D eigenvalue weighted by Gasteiger charge is -2.31. The third-order valence-electron chi connectivity index (χ3n) is 7.05. The molecule has 0 radical (unpaired) electrons. The lowest BCUT2D eigenvalue weighted by molar-refractivity contribution is -0.138. The number of ether oxygens (including phenoxy) is 1. The van der Waals surface area contributed by atoms with Gasteiger partial charge < -0.3 is 30.6 Å². The number of nitrogens with zero attached hydrogens (tertiary/aromatic N) is 2. The van der Waals surface area contributed by atoms with Gasteiger partial charge in [-0.05, 0) is 60.1 Å². The van der Waals surface area contributed by atoms with Gasteiger partial charge in [-0.15, -0.1) is 5.10 Å². The first-order chi connectivity index (χ1) is 19.4. The number of nitrogen functional groups attached to an aromatic ring is 1. The number of carbonyl (C=O) groups excluding carboxylic acids is 1. The van der Waals surface area contributed by atoms with E-state index in [-0.39, 0.29) is 30.2 Å². The van der Waals surface area contributed by atoms with Crippen molar-refractivity contribution >= 4 is 35.0 Å². The number of hydrogen-bond donors (Lipinski definition) is 4. The third kappa shape index (κ3) is 6.76. The van der Waals surface area contributed by atoms with Crippen LogP contribution in [0.5, 0.6) is 5.75 Å². The minimum Gasteiger partial charge on any atom is -0.489 e. The van der Waals surface area contributed by atoms with Crippen LogP contribution in [0.2, 0.25) is 0 Å². The number of anilines is 4. The van der Waals surface area contributed by atoms with Crippen LogP contribution in [0.3, 0.4) is 0 Å². The number of hydrogen-bond acceptors (Lipinski definition) is 8. The van der Waals surface area contributed by atoms with Crippen molar-refractivity contribution in [3.05, 3.63) is 89.8 Å². The van der Waals surface area contributed by atoms with Gasteiger partial charge in [0.25, 0.3) is 0 Å². The standard InChI is InChI=1S/C30H31N5O5/c31-25-15-21(24-12-5-4-9-20(24)16-27(36)37)13-14-26(25)33-28(38)29-34-35-30(40-29)32-22-10-6-11-23(17-22)39-18-19-7-2-1-3-8-19/h1-3,6-8,10-11,13-15,17,20,24H,4-5,9,12,16,18,31H2,(H,32,35)(H,33,38)(H,36,37). The summed E-state index contributed by atoms with van der Waals surface area (Å²) >= 11 is 0. The molecule has 1 aromatic heterocycles. The Hall–Kier alpha value is -4.86. The highest BCUT2D eigenvalue weighted by Crippen LogP contribution is 2.41. The second-order valence-electron chi connectivity index (χ2n) is 9.89. The van der Waals surface area contributed by atoms with E-state index in [0.717, 1.165) is 36.8 Å².